The molecule has 106 valence electrons. The van der Waals surface area contributed by atoms with Gasteiger partial charge in [0.15, 0.2) is 0 Å². The average Bonchev–Trinajstić information content (AvgIpc) is 2.48. The van der Waals surface area contributed by atoms with Crippen LogP contribution in [0.2, 0.25) is 0 Å². The Balaban J connectivity index is 1.81. The predicted molar refractivity (Wildman–Crippen MR) is 91.6 cm³/mol. The molecular weight excluding hydrogens is 308 g/mol. The van der Waals surface area contributed by atoms with Crippen LogP contribution in [0.5, 0.6) is 0 Å². The smallest absolute Gasteiger partial charge is 0.0395 e. The maximum Gasteiger partial charge on any atom is 0.0395 e. The summed E-state index contributed by atoms with van der Waals surface area (Å²) in [6.45, 7) is 4.48. The van der Waals surface area contributed by atoms with Gasteiger partial charge in [0.25, 0.3) is 0 Å². The van der Waals surface area contributed by atoms with Crippen LogP contribution in [-0.2, 0) is 6.42 Å². The zero-order valence-electron chi connectivity index (χ0n) is 12.4. The molecule has 0 aliphatic heterocycles. The van der Waals surface area contributed by atoms with E-state index in [9.17, 15) is 0 Å². The number of aryl methyl sites for hydroxylation is 1. The second-order valence-electron chi connectivity index (χ2n) is 5.67. The van der Waals surface area contributed by atoms with Gasteiger partial charge in [0, 0.05) is 4.83 Å². The van der Waals surface area contributed by atoms with E-state index >= 15 is 0 Å². The highest BCUT2D eigenvalue weighted by molar-refractivity contribution is 9.09. The third-order valence-electron chi connectivity index (χ3n) is 3.73. The van der Waals surface area contributed by atoms with Crippen molar-refractivity contribution in [2.45, 2.75) is 43.9 Å². The lowest BCUT2D eigenvalue weighted by Gasteiger charge is -2.10. The van der Waals surface area contributed by atoms with Gasteiger partial charge in [0.1, 0.15) is 0 Å². The summed E-state index contributed by atoms with van der Waals surface area (Å²) in [7, 11) is 0. The zero-order valence-corrected chi connectivity index (χ0v) is 13.9. The molecular formula is C19H23Br. The molecule has 20 heavy (non-hydrogen) atoms. The van der Waals surface area contributed by atoms with Gasteiger partial charge in [0.05, 0.1) is 0 Å². The Hall–Kier alpha value is -1.08. The van der Waals surface area contributed by atoms with Gasteiger partial charge in [-0.15, -0.1) is 0 Å². The number of hydrogen-bond acceptors (Lipinski definition) is 0. The Kier molecular flexibility index (Phi) is 5.85. The number of hydrogen-bond donors (Lipinski definition) is 0. The Morgan fingerprint density at radius 3 is 2.10 bits per heavy atom. The molecule has 0 radical (unpaired) electrons. The van der Waals surface area contributed by atoms with Crippen molar-refractivity contribution in [3.63, 3.8) is 0 Å². The maximum absolute atomic E-state index is 3.79. The van der Waals surface area contributed by atoms with Crippen LogP contribution >= 0.6 is 15.9 Å². The molecule has 2 rings (SSSR count). The molecule has 1 atom stereocenters. The van der Waals surface area contributed by atoms with Gasteiger partial charge < -0.3 is 0 Å². The van der Waals surface area contributed by atoms with Gasteiger partial charge in [0.2, 0.25) is 0 Å². The van der Waals surface area contributed by atoms with Crippen molar-refractivity contribution < 1.29 is 0 Å². The molecule has 0 aliphatic carbocycles. The summed E-state index contributed by atoms with van der Waals surface area (Å²) in [4.78, 5) is 0.471. The van der Waals surface area contributed by atoms with E-state index in [1.807, 2.05) is 0 Å². The summed E-state index contributed by atoms with van der Waals surface area (Å²) in [6.07, 6.45) is 3.55. The third-order valence-corrected chi connectivity index (χ3v) is 4.72. The van der Waals surface area contributed by atoms with Gasteiger partial charge in [-0.05, 0) is 41.9 Å². The van der Waals surface area contributed by atoms with E-state index in [-0.39, 0.29) is 0 Å². The minimum Gasteiger partial charge on any atom is -0.0839 e. The molecule has 2 aromatic carbocycles. The second-order valence-corrected chi connectivity index (χ2v) is 6.77. The first-order chi connectivity index (χ1) is 9.66. The molecule has 0 aromatic heterocycles. The Bertz CT molecular complexity index is 499. The van der Waals surface area contributed by atoms with Gasteiger partial charge in [-0.3, -0.25) is 0 Å². The van der Waals surface area contributed by atoms with E-state index in [1.54, 1.807) is 0 Å². The van der Waals surface area contributed by atoms with Gasteiger partial charge >= 0.3 is 0 Å². The normalized spacial score (nSPS) is 12.6. The monoisotopic (exact) mass is 330 g/mol. The molecule has 0 aliphatic rings. The molecule has 0 bridgehead atoms. The molecule has 0 spiro atoms. The highest BCUT2D eigenvalue weighted by atomic mass is 79.9. The van der Waals surface area contributed by atoms with Crippen molar-refractivity contribution in [1.82, 2.24) is 0 Å². The van der Waals surface area contributed by atoms with Crippen LogP contribution in [0.3, 0.4) is 0 Å². The van der Waals surface area contributed by atoms with Crippen LogP contribution in [0.4, 0.5) is 0 Å². The standard InChI is InChI=1S/C19H23Br/c1-15(2)17-13-11-16(12-14-17)7-6-10-19(20)18-8-4-3-5-9-18/h3-5,8-9,11-15,19H,6-7,10H2,1-2H3. The fraction of sp³-hybridized carbons (Fsp3) is 0.368. The van der Waals surface area contributed by atoms with E-state index < -0.39 is 0 Å². The largest absolute Gasteiger partial charge is 0.0839 e. The maximum atomic E-state index is 3.79. The average molecular weight is 331 g/mol. The summed E-state index contributed by atoms with van der Waals surface area (Å²) in [6, 6.07) is 19.8. The fourth-order valence-electron chi connectivity index (χ4n) is 2.38. The molecule has 1 heteroatoms. The van der Waals surface area contributed by atoms with Crippen molar-refractivity contribution >= 4 is 15.9 Å². The van der Waals surface area contributed by atoms with Crippen LogP contribution in [0.25, 0.3) is 0 Å². The molecule has 0 heterocycles. The molecule has 1 unspecified atom stereocenters. The van der Waals surface area contributed by atoms with Crippen molar-refractivity contribution in [3.05, 3.63) is 71.3 Å². The first-order valence-corrected chi connectivity index (χ1v) is 8.36. The second kappa shape index (κ2) is 7.64. The van der Waals surface area contributed by atoms with E-state index in [0.717, 1.165) is 6.42 Å². The number of benzene rings is 2. The molecule has 0 nitrogen and oxygen atoms in total. The molecule has 2 aromatic rings. The lowest BCUT2D eigenvalue weighted by atomic mass is 9.99. The molecule has 0 saturated heterocycles. The van der Waals surface area contributed by atoms with Crippen LogP contribution in [0, 0.1) is 0 Å². The SMILES string of the molecule is CC(C)c1ccc(CCCC(Br)c2ccccc2)cc1. The fourth-order valence-corrected chi connectivity index (χ4v) is 3.01. The van der Waals surface area contributed by atoms with E-state index in [0.29, 0.717) is 10.7 Å². The summed E-state index contributed by atoms with van der Waals surface area (Å²) in [5, 5.41) is 0. The van der Waals surface area contributed by atoms with Crippen molar-refractivity contribution in [3.8, 4) is 0 Å². The first kappa shape index (κ1) is 15.3. The highest BCUT2D eigenvalue weighted by Gasteiger charge is 2.06. The molecule has 0 fully saturated rings. The zero-order chi connectivity index (χ0) is 14.4. The van der Waals surface area contributed by atoms with E-state index in [4.69, 9.17) is 0 Å². The summed E-state index contributed by atoms with van der Waals surface area (Å²) in [5.74, 6) is 0.619. The lowest BCUT2D eigenvalue weighted by molar-refractivity contribution is 0.729. The van der Waals surface area contributed by atoms with Crippen molar-refractivity contribution in [2.24, 2.45) is 0 Å². The highest BCUT2D eigenvalue weighted by Crippen LogP contribution is 2.28. The summed E-state index contributed by atoms with van der Waals surface area (Å²) >= 11 is 3.79. The Morgan fingerprint density at radius 2 is 1.50 bits per heavy atom. The number of rotatable bonds is 6. The number of halogens is 1. The quantitative estimate of drug-likeness (QED) is 0.547. The van der Waals surface area contributed by atoms with Crippen LogP contribution in [-0.4, -0.2) is 0 Å². The third kappa shape index (κ3) is 4.49. The predicted octanol–water partition coefficient (Wildman–Crippen LogP) is 6.27. The van der Waals surface area contributed by atoms with Crippen LogP contribution in [0.15, 0.2) is 54.6 Å². The minimum absolute atomic E-state index is 0.471. The van der Waals surface area contributed by atoms with Gasteiger partial charge in [-0.1, -0.05) is 84.4 Å². The van der Waals surface area contributed by atoms with Gasteiger partial charge in [-0.2, -0.15) is 0 Å². The van der Waals surface area contributed by atoms with Gasteiger partial charge in [-0.25, -0.2) is 0 Å². The molecule has 0 N–H and O–H groups in total. The first-order valence-electron chi connectivity index (χ1n) is 7.44. The van der Waals surface area contributed by atoms with Crippen LogP contribution in [0.1, 0.15) is 54.1 Å². The van der Waals surface area contributed by atoms with Crippen molar-refractivity contribution in [2.75, 3.05) is 0 Å². The minimum atomic E-state index is 0.471. The lowest BCUT2D eigenvalue weighted by Crippen LogP contribution is -1.93. The van der Waals surface area contributed by atoms with E-state index in [1.165, 1.54) is 29.5 Å². The topological polar surface area (TPSA) is 0 Å². The van der Waals surface area contributed by atoms with E-state index in [2.05, 4.69) is 84.4 Å². The molecule has 0 amide bonds. The van der Waals surface area contributed by atoms with Crippen molar-refractivity contribution in [1.29, 1.82) is 0 Å². The Morgan fingerprint density at radius 1 is 0.850 bits per heavy atom. The summed E-state index contributed by atoms with van der Waals surface area (Å²) < 4.78 is 0. The number of alkyl halides is 1. The Labute approximate surface area is 131 Å². The molecule has 0 saturated carbocycles. The van der Waals surface area contributed by atoms with Crippen LogP contribution < -0.4 is 0 Å². The summed E-state index contributed by atoms with van der Waals surface area (Å²) in [5.41, 5.74) is 4.25.